The van der Waals surface area contributed by atoms with Gasteiger partial charge in [0.2, 0.25) is 5.56 Å². The van der Waals surface area contributed by atoms with Gasteiger partial charge < -0.3 is 15.2 Å². The molecule has 0 aliphatic carbocycles. The lowest BCUT2D eigenvalue weighted by atomic mass is 10.2. The molecule has 0 fully saturated rings. The number of alkyl halides is 1. The van der Waals surface area contributed by atoms with E-state index < -0.39 is 17.4 Å². The first-order valence-electron chi connectivity index (χ1n) is 4.36. The summed E-state index contributed by atoms with van der Waals surface area (Å²) < 4.78 is 4.51. The van der Waals surface area contributed by atoms with Crippen molar-refractivity contribution in [1.29, 1.82) is 0 Å². The zero-order valence-corrected chi connectivity index (χ0v) is 9.19. The molecule has 0 saturated carbocycles. The van der Waals surface area contributed by atoms with Gasteiger partial charge in [-0.05, 0) is 24.3 Å². The van der Waals surface area contributed by atoms with Crippen molar-refractivity contribution in [2.24, 2.45) is 0 Å². The van der Waals surface area contributed by atoms with Crippen LogP contribution in [0.5, 0.6) is 0 Å². The summed E-state index contributed by atoms with van der Waals surface area (Å²) in [5, 5.41) is 11.1. The van der Waals surface area contributed by atoms with Crippen molar-refractivity contribution < 1.29 is 19.4 Å². The summed E-state index contributed by atoms with van der Waals surface area (Å²) in [7, 11) is 1.28. The maximum atomic E-state index is 11.1. The van der Waals surface area contributed by atoms with Crippen molar-refractivity contribution in [3.8, 4) is 0 Å². The fourth-order valence-corrected chi connectivity index (χ4v) is 1.06. The molecule has 1 aromatic carbocycles. The van der Waals surface area contributed by atoms with Crippen molar-refractivity contribution in [2.45, 2.75) is 5.56 Å². The molecule has 0 aromatic heterocycles. The minimum absolute atomic E-state index is 0.368. The van der Waals surface area contributed by atoms with Gasteiger partial charge in [0, 0.05) is 5.69 Å². The highest BCUT2D eigenvalue weighted by molar-refractivity contribution is 6.31. The zero-order chi connectivity index (χ0) is 12.1. The molecule has 6 heteroatoms. The summed E-state index contributed by atoms with van der Waals surface area (Å²) in [4.78, 5) is 22.1. The molecule has 5 nitrogen and oxygen atoms in total. The minimum Gasteiger partial charge on any atom is -0.465 e. The number of nitrogens with one attached hydrogen (secondary N) is 1. The van der Waals surface area contributed by atoms with E-state index in [1.165, 1.54) is 31.4 Å². The second-order valence-corrected chi connectivity index (χ2v) is 3.31. The number of aliphatic hydroxyl groups excluding tert-OH is 1. The highest BCUT2D eigenvalue weighted by Gasteiger charge is 2.11. The summed E-state index contributed by atoms with van der Waals surface area (Å²) in [5.74, 6) is -1.19. The average molecular weight is 244 g/mol. The molecule has 0 spiro atoms. The maximum Gasteiger partial charge on any atom is 0.337 e. The van der Waals surface area contributed by atoms with E-state index in [0.717, 1.165) is 0 Å². The lowest BCUT2D eigenvalue weighted by Crippen LogP contribution is -2.22. The van der Waals surface area contributed by atoms with Crippen LogP contribution in [0.4, 0.5) is 5.69 Å². The van der Waals surface area contributed by atoms with Crippen molar-refractivity contribution >= 4 is 29.2 Å². The molecule has 0 heterocycles. The van der Waals surface area contributed by atoms with Gasteiger partial charge >= 0.3 is 5.97 Å². The van der Waals surface area contributed by atoms with Gasteiger partial charge in [-0.15, -0.1) is 0 Å². The highest BCUT2D eigenvalue weighted by atomic mass is 35.5. The molecule has 1 atom stereocenters. The Balaban J connectivity index is 2.72. The van der Waals surface area contributed by atoms with Crippen LogP contribution < -0.4 is 5.32 Å². The normalized spacial score (nSPS) is 11.7. The second-order valence-electron chi connectivity index (χ2n) is 2.89. The molecule has 0 radical (unpaired) electrons. The number of hydrogen-bond acceptors (Lipinski definition) is 4. The number of hydrogen-bond donors (Lipinski definition) is 2. The van der Waals surface area contributed by atoms with Gasteiger partial charge in [-0.1, -0.05) is 11.6 Å². The summed E-state index contributed by atoms with van der Waals surface area (Å²) in [6.45, 7) is 0. The van der Waals surface area contributed by atoms with E-state index in [-0.39, 0.29) is 0 Å². The number of rotatable bonds is 3. The van der Waals surface area contributed by atoms with E-state index >= 15 is 0 Å². The SMILES string of the molecule is COC(=O)c1ccc(NC(=O)C(O)Cl)cc1. The Bertz CT molecular complexity index is 388. The van der Waals surface area contributed by atoms with E-state index in [2.05, 4.69) is 10.1 Å². The standard InChI is InChI=1S/C10H10ClNO4/c1-16-10(15)6-2-4-7(5-3-6)12-9(14)8(11)13/h2-5,8,13H,1H3,(H,12,14). The van der Waals surface area contributed by atoms with Crippen molar-refractivity contribution in [3.05, 3.63) is 29.8 Å². The molecule has 2 N–H and O–H groups in total. The van der Waals surface area contributed by atoms with Crippen LogP contribution in [-0.4, -0.2) is 29.7 Å². The third-order valence-corrected chi connectivity index (χ3v) is 1.99. The molecule has 1 amide bonds. The van der Waals surface area contributed by atoms with Gasteiger partial charge in [-0.3, -0.25) is 4.79 Å². The Morgan fingerprint density at radius 3 is 2.38 bits per heavy atom. The van der Waals surface area contributed by atoms with Crippen LogP contribution in [0.15, 0.2) is 24.3 Å². The van der Waals surface area contributed by atoms with Crippen LogP contribution >= 0.6 is 11.6 Å². The molecule has 1 unspecified atom stereocenters. The molecule has 0 aliphatic heterocycles. The van der Waals surface area contributed by atoms with E-state index in [9.17, 15) is 9.59 Å². The van der Waals surface area contributed by atoms with Crippen molar-refractivity contribution in [3.63, 3.8) is 0 Å². The number of amides is 1. The van der Waals surface area contributed by atoms with Crippen LogP contribution in [0, 0.1) is 0 Å². The van der Waals surface area contributed by atoms with Crippen molar-refractivity contribution in [1.82, 2.24) is 0 Å². The molecule has 86 valence electrons. The Hall–Kier alpha value is -1.59. The molecular formula is C10H10ClNO4. The number of carbonyl (C=O) groups is 2. The van der Waals surface area contributed by atoms with Crippen LogP contribution in [0.2, 0.25) is 0 Å². The predicted octanol–water partition coefficient (Wildman–Crippen LogP) is 0.969. The van der Waals surface area contributed by atoms with Gasteiger partial charge in [-0.25, -0.2) is 4.79 Å². The second kappa shape index (κ2) is 5.48. The van der Waals surface area contributed by atoms with Crippen molar-refractivity contribution in [2.75, 3.05) is 12.4 Å². The van der Waals surface area contributed by atoms with Gasteiger partial charge in [0.15, 0.2) is 0 Å². The number of esters is 1. The van der Waals surface area contributed by atoms with Crippen LogP contribution in [0.1, 0.15) is 10.4 Å². The largest absolute Gasteiger partial charge is 0.465 e. The Labute approximate surface area is 97.0 Å². The third kappa shape index (κ3) is 3.22. The monoisotopic (exact) mass is 243 g/mol. The summed E-state index contributed by atoms with van der Waals surface area (Å²) in [6, 6.07) is 5.98. The van der Waals surface area contributed by atoms with Gasteiger partial charge in [0.1, 0.15) is 0 Å². The Morgan fingerprint density at radius 1 is 1.38 bits per heavy atom. The van der Waals surface area contributed by atoms with Gasteiger partial charge in [-0.2, -0.15) is 0 Å². The first kappa shape index (κ1) is 12.5. The lowest BCUT2D eigenvalue weighted by molar-refractivity contribution is -0.120. The molecule has 1 aromatic rings. The van der Waals surface area contributed by atoms with Crippen LogP contribution in [0.3, 0.4) is 0 Å². The number of benzene rings is 1. The van der Waals surface area contributed by atoms with Crippen LogP contribution in [0.25, 0.3) is 0 Å². The quantitative estimate of drug-likeness (QED) is 0.613. The van der Waals surface area contributed by atoms with E-state index in [1.807, 2.05) is 0 Å². The third-order valence-electron chi connectivity index (χ3n) is 1.79. The molecule has 0 aliphatic rings. The van der Waals surface area contributed by atoms with E-state index in [0.29, 0.717) is 11.3 Å². The summed E-state index contributed by atoms with van der Waals surface area (Å²) in [5.41, 5.74) is -0.801. The first-order chi connectivity index (χ1) is 7.54. The molecule has 0 saturated heterocycles. The topological polar surface area (TPSA) is 75.6 Å². The minimum atomic E-state index is -1.60. The lowest BCUT2D eigenvalue weighted by Gasteiger charge is -2.06. The summed E-state index contributed by atoms with van der Waals surface area (Å²) >= 11 is 5.15. The summed E-state index contributed by atoms with van der Waals surface area (Å²) in [6.07, 6.45) is 0. The molecule has 16 heavy (non-hydrogen) atoms. The fourth-order valence-electron chi connectivity index (χ4n) is 1.01. The number of ether oxygens (including phenoxy) is 1. The van der Waals surface area contributed by atoms with Gasteiger partial charge in [0.05, 0.1) is 12.7 Å². The number of aliphatic hydroxyl groups is 1. The Morgan fingerprint density at radius 2 is 1.94 bits per heavy atom. The van der Waals surface area contributed by atoms with E-state index in [4.69, 9.17) is 16.7 Å². The highest BCUT2D eigenvalue weighted by Crippen LogP contribution is 2.11. The molecular weight excluding hydrogens is 234 g/mol. The predicted molar refractivity (Wildman–Crippen MR) is 58.3 cm³/mol. The number of halogens is 1. The molecule has 0 bridgehead atoms. The fraction of sp³-hybridized carbons (Fsp3) is 0.200. The number of carbonyl (C=O) groups excluding carboxylic acids is 2. The molecule has 1 rings (SSSR count). The first-order valence-corrected chi connectivity index (χ1v) is 4.79. The smallest absolute Gasteiger partial charge is 0.337 e. The van der Waals surface area contributed by atoms with E-state index in [1.54, 1.807) is 0 Å². The Kier molecular flexibility index (Phi) is 4.28. The van der Waals surface area contributed by atoms with Gasteiger partial charge in [0.25, 0.3) is 5.91 Å². The zero-order valence-electron chi connectivity index (χ0n) is 8.44. The van der Waals surface area contributed by atoms with Crippen LogP contribution in [-0.2, 0) is 9.53 Å². The number of methoxy groups -OCH3 is 1. The number of anilines is 1. The average Bonchev–Trinajstić information content (AvgIpc) is 2.28. The maximum absolute atomic E-state index is 11.1.